The van der Waals surface area contributed by atoms with Gasteiger partial charge in [0, 0.05) is 6.54 Å². The van der Waals surface area contributed by atoms with Gasteiger partial charge in [-0.2, -0.15) is 0 Å². The third-order valence-electron chi connectivity index (χ3n) is 3.37. The van der Waals surface area contributed by atoms with Crippen molar-refractivity contribution in [3.05, 3.63) is 69.7 Å². The van der Waals surface area contributed by atoms with Gasteiger partial charge in [-0.05, 0) is 24.1 Å². The summed E-state index contributed by atoms with van der Waals surface area (Å²) in [6.07, 6.45) is 0.872. The van der Waals surface area contributed by atoms with Crippen molar-refractivity contribution in [1.29, 1.82) is 0 Å². The number of carbonyl (C=O) groups is 1. The number of halogens is 2. The highest BCUT2D eigenvalue weighted by atomic mass is 35.5. The molecule has 0 spiro atoms. The number of nitrogens with one attached hydrogen (secondary N) is 2. The lowest BCUT2D eigenvalue weighted by atomic mass is 10.2. The lowest BCUT2D eigenvalue weighted by molar-refractivity contribution is 0.102. The molecule has 1 heterocycles. The summed E-state index contributed by atoms with van der Waals surface area (Å²) in [6, 6.07) is 15.0. The lowest BCUT2D eigenvalue weighted by Gasteiger charge is -2.05. The van der Waals surface area contributed by atoms with Crippen LogP contribution in [0.5, 0.6) is 0 Å². The number of carbonyl (C=O) groups excluding carboxylic acids is 1. The van der Waals surface area contributed by atoms with Crippen LogP contribution >= 0.6 is 34.5 Å². The van der Waals surface area contributed by atoms with E-state index in [4.69, 9.17) is 23.2 Å². The van der Waals surface area contributed by atoms with Crippen LogP contribution in [0.15, 0.2) is 48.5 Å². The van der Waals surface area contributed by atoms with Crippen molar-refractivity contribution in [1.82, 2.24) is 10.2 Å². The summed E-state index contributed by atoms with van der Waals surface area (Å²) in [6.45, 7) is 0.725. The topological polar surface area (TPSA) is 66.9 Å². The number of amides is 1. The van der Waals surface area contributed by atoms with Gasteiger partial charge in [0.15, 0.2) is 0 Å². The largest absolute Gasteiger partial charge is 0.360 e. The van der Waals surface area contributed by atoms with Crippen LogP contribution in [0, 0.1) is 0 Å². The summed E-state index contributed by atoms with van der Waals surface area (Å²) in [4.78, 5) is 12.3. The minimum Gasteiger partial charge on any atom is -0.360 e. The van der Waals surface area contributed by atoms with Gasteiger partial charge in [-0.25, -0.2) is 0 Å². The second kappa shape index (κ2) is 8.29. The third-order valence-corrected chi connectivity index (χ3v) is 4.79. The fraction of sp³-hybridized carbons (Fsp3) is 0.118. The Bertz CT molecular complexity index is 850. The van der Waals surface area contributed by atoms with Gasteiger partial charge < -0.3 is 5.32 Å². The molecule has 0 saturated carbocycles. The average Bonchev–Trinajstić information content (AvgIpc) is 3.03. The molecule has 8 heteroatoms. The zero-order valence-electron chi connectivity index (χ0n) is 13.0. The van der Waals surface area contributed by atoms with Gasteiger partial charge in [-0.15, -0.1) is 10.2 Å². The Morgan fingerprint density at radius 1 is 0.960 bits per heavy atom. The normalized spacial score (nSPS) is 10.5. The Morgan fingerprint density at radius 3 is 2.36 bits per heavy atom. The molecule has 0 aliphatic carbocycles. The molecule has 2 N–H and O–H groups in total. The van der Waals surface area contributed by atoms with E-state index >= 15 is 0 Å². The van der Waals surface area contributed by atoms with E-state index in [1.807, 2.05) is 18.2 Å². The van der Waals surface area contributed by atoms with Crippen molar-refractivity contribution < 1.29 is 4.79 Å². The quantitative estimate of drug-likeness (QED) is 0.634. The van der Waals surface area contributed by atoms with Crippen LogP contribution in [0.1, 0.15) is 15.9 Å². The molecule has 0 atom stereocenters. The maximum atomic E-state index is 12.3. The average molecular weight is 393 g/mol. The maximum Gasteiger partial charge on any atom is 0.260 e. The van der Waals surface area contributed by atoms with Gasteiger partial charge in [0.2, 0.25) is 10.3 Å². The molecular formula is C17H14Cl2N4OS. The van der Waals surface area contributed by atoms with E-state index in [9.17, 15) is 4.79 Å². The highest BCUT2D eigenvalue weighted by Crippen LogP contribution is 2.26. The van der Waals surface area contributed by atoms with Crippen LogP contribution in [-0.4, -0.2) is 22.6 Å². The van der Waals surface area contributed by atoms with Crippen LogP contribution in [-0.2, 0) is 6.42 Å². The van der Waals surface area contributed by atoms with E-state index in [0.29, 0.717) is 10.3 Å². The molecule has 5 nitrogen and oxygen atoms in total. The van der Waals surface area contributed by atoms with Crippen molar-refractivity contribution in [2.45, 2.75) is 6.42 Å². The minimum absolute atomic E-state index is 0.222. The predicted molar refractivity (Wildman–Crippen MR) is 103 cm³/mol. The first-order valence-electron chi connectivity index (χ1n) is 7.50. The molecule has 2 aromatic carbocycles. The molecule has 128 valence electrons. The van der Waals surface area contributed by atoms with Gasteiger partial charge in [0.25, 0.3) is 5.91 Å². The standard InChI is InChI=1S/C17H14Cl2N4OS/c18-12-7-4-8-13(19)14(12)15(24)21-17-23-22-16(25-17)20-10-9-11-5-2-1-3-6-11/h1-8H,9-10H2,(H,20,22)(H,21,23,24). The van der Waals surface area contributed by atoms with Crippen molar-refractivity contribution >= 4 is 50.7 Å². The Kier molecular flexibility index (Phi) is 5.86. The summed E-state index contributed by atoms with van der Waals surface area (Å²) >= 11 is 13.3. The smallest absolute Gasteiger partial charge is 0.260 e. The SMILES string of the molecule is O=C(Nc1nnc(NCCc2ccccc2)s1)c1c(Cl)cccc1Cl. The number of hydrogen-bond donors (Lipinski definition) is 2. The molecule has 3 aromatic rings. The zero-order chi connectivity index (χ0) is 17.6. The van der Waals surface area contributed by atoms with Gasteiger partial charge >= 0.3 is 0 Å². The van der Waals surface area contributed by atoms with E-state index in [2.05, 4.69) is 33.0 Å². The van der Waals surface area contributed by atoms with Crippen LogP contribution in [0.25, 0.3) is 0 Å². The number of hydrogen-bond acceptors (Lipinski definition) is 5. The Balaban J connectivity index is 1.57. The maximum absolute atomic E-state index is 12.3. The molecule has 0 radical (unpaired) electrons. The van der Waals surface area contributed by atoms with Crippen LogP contribution < -0.4 is 10.6 Å². The van der Waals surface area contributed by atoms with E-state index in [1.165, 1.54) is 16.9 Å². The van der Waals surface area contributed by atoms with E-state index < -0.39 is 5.91 Å². The molecule has 25 heavy (non-hydrogen) atoms. The fourth-order valence-electron chi connectivity index (χ4n) is 2.18. The number of aromatic nitrogens is 2. The van der Waals surface area contributed by atoms with Crippen LogP contribution in [0.4, 0.5) is 10.3 Å². The number of anilines is 2. The zero-order valence-corrected chi connectivity index (χ0v) is 15.3. The van der Waals surface area contributed by atoms with Crippen LogP contribution in [0.3, 0.4) is 0 Å². The van der Waals surface area contributed by atoms with Crippen molar-refractivity contribution in [2.75, 3.05) is 17.2 Å². The molecule has 1 aromatic heterocycles. The first-order chi connectivity index (χ1) is 12.1. The molecule has 0 saturated heterocycles. The van der Waals surface area contributed by atoms with Gasteiger partial charge in [0.05, 0.1) is 15.6 Å². The summed E-state index contributed by atoms with van der Waals surface area (Å²) < 4.78 is 0. The highest BCUT2D eigenvalue weighted by Gasteiger charge is 2.16. The summed E-state index contributed by atoms with van der Waals surface area (Å²) in [7, 11) is 0. The second-order valence-corrected chi connectivity index (χ2v) is 6.92. The Labute approximate surface area is 159 Å². The van der Waals surface area contributed by atoms with Crippen molar-refractivity contribution in [3.63, 3.8) is 0 Å². The molecule has 1 amide bonds. The molecule has 0 aliphatic rings. The fourth-order valence-corrected chi connectivity index (χ4v) is 3.41. The first-order valence-corrected chi connectivity index (χ1v) is 9.07. The van der Waals surface area contributed by atoms with E-state index in [1.54, 1.807) is 18.2 Å². The molecule has 0 bridgehead atoms. The monoisotopic (exact) mass is 392 g/mol. The lowest BCUT2D eigenvalue weighted by Crippen LogP contribution is -2.12. The summed E-state index contributed by atoms with van der Waals surface area (Å²) in [5.41, 5.74) is 1.46. The molecule has 0 aliphatic heterocycles. The number of nitrogens with zero attached hydrogens (tertiary/aromatic N) is 2. The van der Waals surface area contributed by atoms with E-state index in [-0.39, 0.29) is 15.6 Å². The molecule has 0 unspecified atom stereocenters. The van der Waals surface area contributed by atoms with Crippen molar-refractivity contribution in [2.24, 2.45) is 0 Å². The number of benzene rings is 2. The van der Waals surface area contributed by atoms with Gasteiger partial charge in [-0.3, -0.25) is 10.1 Å². The van der Waals surface area contributed by atoms with Crippen molar-refractivity contribution in [3.8, 4) is 0 Å². The summed E-state index contributed by atoms with van der Waals surface area (Å²) in [5.74, 6) is -0.414. The minimum atomic E-state index is -0.414. The van der Waals surface area contributed by atoms with Crippen LogP contribution in [0.2, 0.25) is 10.0 Å². The second-order valence-electron chi connectivity index (χ2n) is 5.13. The summed E-state index contributed by atoms with van der Waals surface area (Å²) in [5, 5.41) is 15.4. The third kappa shape index (κ3) is 4.69. The molecular weight excluding hydrogens is 379 g/mol. The Morgan fingerprint density at radius 2 is 1.64 bits per heavy atom. The van der Waals surface area contributed by atoms with Gasteiger partial charge in [0.1, 0.15) is 0 Å². The van der Waals surface area contributed by atoms with E-state index in [0.717, 1.165) is 13.0 Å². The predicted octanol–water partition coefficient (Wildman–Crippen LogP) is 4.75. The van der Waals surface area contributed by atoms with Gasteiger partial charge in [-0.1, -0.05) is 70.9 Å². The highest BCUT2D eigenvalue weighted by molar-refractivity contribution is 7.19. The number of rotatable bonds is 6. The Hall–Kier alpha value is -2.15. The molecule has 3 rings (SSSR count). The first kappa shape index (κ1) is 17.7. The molecule has 0 fully saturated rings.